The van der Waals surface area contributed by atoms with Gasteiger partial charge in [0.05, 0.1) is 16.7 Å². The Morgan fingerprint density at radius 1 is 0.732 bits per heavy atom. The van der Waals surface area contributed by atoms with Crippen molar-refractivity contribution in [3.63, 3.8) is 0 Å². The van der Waals surface area contributed by atoms with E-state index in [0.717, 1.165) is 0 Å². The summed E-state index contributed by atoms with van der Waals surface area (Å²) < 4.78 is 20.2. The quantitative estimate of drug-likeness (QED) is 0.199. The van der Waals surface area contributed by atoms with Crippen LogP contribution in [0.25, 0.3) is 0 Å². The van der Waals surface area contributed by atoms with Gasteiger partial charge in [-0.2, -0.15) is 0 Å². The van der Waals surface area contributed by atoms with Crippen LogP contribution in [0.4, 0.5) is 0 Å². The summed E-state index contributed by atoms with van der Waals surface area (Å²) in [6, 6.07) is 24.3. The average Bonchev–Trinajstić information content (AvgIpc) is 3.23. The van der Waals surface area contributed by atoms with Gasteiger partial charge in [-0.1, -0.05) is 101 Å². The van der Waals surface area contributed by atoms with Crippen LogP contribution in [0, 0.1) is 0 Å². The number of aliphatic hydroxyl groups is 2. The molecule has 5 unspecified atom stereocenters. The Balaban J connectivity index is 0.000000850. The highest BCUT2D eigenvalue weighted by atomic mass is 35.6. The van der Waals surface area contributed by atoms with E-state index in [9.17, 15) is 24.6 Å². The summed E-state index contributed by atoms with van der Waals surface area (Å²) in [7, 11) is 0. The normalized spacial score (nSPS) is 20.6. The molecule has 1 fully saturated rings. The van der Waals surface area contributed by atoms with Gasteiger partial charge in [0.1, 0.15) is 18.8 Å². The summed E-state index contributed by atoms with van der Waals surface area (Å²) in [4.78, 5) is 37.9. The fourth-order valence-corrected chi connectivity index (χ4v) is 3.67. The third-order valence-corrected chi connectivity index (χ3v) is 5.52. The maximum atomic E-state index is 12.8. The van der Waals surface area contributed by atoms with E-state index in [2.05, 4.69) is 0 Å². The SMILES string of the molecule is ClC(Cl)(Cl)Cl.O=C(OCC(OC(=O)c1ccccc1)C1OC(O)C(O)C1OC(=O)c1ccccc1)c1ccccc1. The van der Waals surface area contributed by atoms with E-state index >= 15 is 0 Å². The third kappa shape index (κ3) is 10.5. The van der Waals surface area contributed by atoms with Crippen molar-refractivity contribution in [2.45, 2.75) is 34.0 Å². The Morgan fingerprint density at radius 2 is 1.15 bits per heavy atom. The molecule has 4 rings (SSSR count). The lowest BCUT2D eigenvalue weighted by Crippen LogP contribution is -2.46. The molecule has 41 heavy (non-hydrogen) atoms. The standard InChI is InChI=1S/C27H24O9.CCl4/c28-21-23(36-26(31)19-14-8-3-9-15-19)22(35-27(21)32)20(34-25(30)18-12-6-2-7-13-18)16-33-24(29)17-10-4-1-5-11-17;2-1(3,4)5/h1-15,20-23,27-28,32H,16H2;. The van der Waals surface area contributed by atoms with E-state index < -0.39 is 58.5 Å². The number of alkyl halides is 4. The molecule has 0 spiro atoms. The summed E-state index contributed by atoms with van der Waals surface area (Å²) in [6.07, 6.45) is -7.45. The summed E-state index contributed by atoms with van der Waals surface area (Å²) in [5.41, 5.74) is 0.692. The lowest BCUT2D eigenvalue weighted by molar-refractivity contribution is -0.152. The molecular formula is C28H24Cl4O9. The summed E-state index contributed by atoms with van der Waals surface area (Å²) in [5, 5.41) is 20.6. The third-order valence-electron chi connectivity index (χ3n) is 5.52. The number of carbonyl (C=O) groups is 3. The largest absolute Gasteiger partial charge is 0.458 e. The van der Waals surface area contributed by atoms with Gasteiger partial charge in [-0.3, -0.25) is 0 Å². The van der Waals surface area contributed by atoms with E-state index in [1.54, 1.807) is 66.7 Å². The van der Waals surface area contributed by atoms with Crippen molar-refractivity contribution in [3.8, 4) is 0 Å². The monoisotopic (exact) mass is 644 g/mol. The molecule has 9 nitrogen and oxygen atoms in total. The molecule has 2 N–H and O–H groups in total. The van der Waals surface area contributed by atoms with Crippen molar-refractivity contribution in [3.05, 3.63) is 108 Å². The minimum Gasteiger partial charge on any atom is -0.458 e. The van der Waals surface area contributed by atoms with E-state index in [0.29, 0.717) is 0 Å². The van der Waals surface area contributed by atoms with Gasteiger partial charge in [0.25, 0.3) is 3.25 Å². The number of rotatable bonds is 8. The first-order valence-corrected chi connectivity index (χ1v) is 13.5. The van der Waals surface area contributed by atoms with Gasteiger partial charge in [0.2, 0.25) is 0 Å². The van der Waals surface area contributed by atoms with E-state index in [-0.39, 0.29) is 16.7 Å². The number of esters is 3. The fraction of sp³-hybridized carbons (Fsp3) is 0.250. The van der Waals surface area contributed by atoms with Gasteiger partial charge >= 0.3 is 17.9 Å². The van der Waals surface area contributed by atoms with Crippen LogP contribution < -0.4 is 0 Å². The first kappa shape index (κ1) is 32.6. The highest BCUT2D eigenvalue weighted by Gasteiger charge is 2.51. The first-order valence-electron chi connectivity index (χ1n) is 12.0. The highest BCUT2D eigenvalue weighted by Crippen LogP contribution is 2.30. The number of aliphatic hydroxyl groups excluding tert-OH is 2. The maximum absolute atomic E-state index is 12.8. The zero-order chi connectivity index (χ0) is 30.0. The van der Waals surface area contributed by atoms with Gasteiger partial charge in [-0.25, -0.2) is 14.4 Å². The van der Waals surface area contributed by atoms with Crippen LogP contribution in [0.3, 0.4) is 0 Å². The van der Waals surface area contributed by atoms with Crippen LogP contribution in [0.5, 0.6) is 0 Å². The molecule has 0 amide bonds. The smallest absolute Gasteiger partial charge is 0.338 e. The van der Waals surface area contributed by atoms with Crippen molar-refractivity contribution < 1.29 is 43.5 Å². The highest BCUT2D eigenvalue weighted by molar-refractivity contribution is 6.83. The van der Waals surface area contributed by atoms with Crippen LogP contribution >= 0.6 is 46.4 Å². The average molecular weight is 646 g/mol. The summed E-state index contributed by atoms with van der Waals surface area (Å²) >= 11 is 19.3. The molecule has 0 saturated carbocycles. The Hall–Kier alpha value is -2.89. The van der Waals surface area contributed by atoms with Crippen LogP contribution in [0.2, 0.25) is 0 Å². The lowest BCUT2D eigenvalue weighted by Gasteiger charge is -2.27. The second-order valence-corrected chi connectivity index (χ2v) is 11.8. The molecule has 3 aromatic carbocycles. The molecule has 218 valence electrons. The minimum absolute atomic E-state index is 0.207. The zero-order valence-electron chi connectivity index (χ0n) is 21.0. The van der Waals surface area contributed by atoms with Crippen LogP contribution in [-0.4, -0.2) is 68.7 Å². The molecule has 0 aromatic heterocycles. The van der Waals surface area contributed by atoms with Crippen molar-refractivity contribution >= 4 is 64.3 Å². The second kappa shape index (κ2) is 15.4. The van der Waals surface area contributed by atoms with E-state index in [4.69, 9.17) is 65.4 Å². The number of hydrogen-bond donors (Lipinski definition) is 2. The van der Waals surface area contributed by atoms with E-state index in [1.807, 2.05) is 0 Å². The first-order chi connectivity index (χ1) is 19.4. The molecular weight excluding hydrogens is 622 g/mol. The molecule has 1 aliphatic rings. The number of carbonyl (C=O) groups excluding carboxylic acids is 3. The van der Waals surface area contributed by atoms with Crippen molar-refractivity contribution in [2.24, 2.45) is 0 Å². The zero-order valence-corrected chi connectivity index (χ0v) is 24.0. The molecule has 1 heterocycles. The van der Waals surface area contributed by atoms with Crippen LogP contribution in [0.1, 0.15) is 31.1 Å². The van der Waals surface area contributed by atoms with Gasteiger partial charge < -0.3 is 29.2 Å². The molecule has 0 bridgehead atoms. The number of benzene rings is 3. The fourth-order valence-electron chi connectivity index (χ4n) is 3.67. The molecule has 0 aliphatic carbocycles. The predicted octanol–water partition coefficient (Wildman–Crippen LogP) is 4.93. The summed E-state index contributed by atoms with van der Waals surface area (Å²) in [6.45, 7) is -0.490. The molecule has 13 heteroatoms. The van der Waals surface area contributed by atoms with Crippen molar-refractivity contribution in [1.29, 1.82) is 0 Å². The predicted molar refractivity (Wildman–Crippen MR) is 151 cm³/mol. The second-order valence-electron chi connectivity index (χ2n) is 8.42. The van der Waals surface area contributed by atoms with Crippen molar-refractivity contribution in [1.82, 2.24) is 0 Å². The Labute approximate surface area is 255 Å². The van der Waals surface area contributed by atoms with Gasteiger partial charge in [-0.15, -0.1) is 0 Å². The molecule has 1 saturated heterocycles. The van der Waals surface area contributed by atoms with Gasteiger partial charge in [0, 0.05) is 0 Å². The molecule has 3 aromatic rings. The Kier molecular flexibility index (Phi) is 12.2. The molecule has 0 radical (unpaired) electrons. The summed E-state index contributed by atoms with van der Waals surface area (Å²) in [5.74, 6) is -2.23. The van der Waals surface area contributed by atoms with Crippen LogP contribution in [0.15, 0.2) is 91.0 Å². The molecule has 5 atom stereocenters. The Morgan fingerprint density at radius 3 is 1.61 bits per heavy atom. The topological polar surface area (TPSA) is 129 Å². The number of hydrogen-bond acceptors (Lipinski definition) is 9. The minimum atomic E-state index is -1.73. The van der Waals surface area contributed by atoms with Crippen LogP contribution in [-0.2, 0) is 18.9 Å². The van der Waals surface area contributed by atoms with E-state index in [1.165, 1.54) is 24.3 Å². The van der Waals surface area contributed by atoms with Gasteiger partial charge in [-0.05, 0) is 36.4 Å². The maximum Gasteiger partial charge on any atom is 0.338 e. The number of ether oxygens (including phenoxy) is 4. The van der Waals surface area contributed by atoms with Crippen molar-refractivity contribution in [2.75, 3.05) is 6.61 Å². The Bertz CT molecular complexity index is 1270. The molecule has 1 aliphatic heterocycles. The van der Waals surface area contributed by atoms with Gasteiger partial charge in [0.15, 0.2) is 18.5 Å². The number of halogens is 4. The lowest BCUT2D eigenvalue weighted by atomic mass is 10.1.